The van der Waals surface area contributed by atoms with Gasteiger partial charge >= 0.3 is 0 Å². The molecule has 0 aliphatic rings. The topological polar surface area (TPSA) is 29.5 Å². The minimum atomic E-state index is -0.244. The van der Waals surface area contributed by atoms with Crippen LogP contribution in [0, 0.1) is 12.7 Å². The summed E-state index contributed by atoms with van der Waals surface area (Å²) in [7, 11) is 0. The van der Waals surface area contributed by atoms with Gasteiger partial charge in [-0.1, -0.05) is 27.7 Å². The van der Waals surface area contributed by atoms with E-state index in [0.29, 0.717) is 11.3 Å². The van der Waals surface area contributed by atoms with Crippen LogP contribution in [0.5, 0.6) is 5.75 Å². The lowest BCUT2D eigenvalue weighted by molar-refractivity contribution is 0.201. The molecule has 1 aromatic carbocycles. The molecule has 0 fully saturated rings. The van der Waals surface area contributed by atoms with E-state index >= 15 is 0 Å². The monoisotopic (exact) mass is 230 g/mol. The van der Waals surface area contributed by atoms with E-state index < -0.39 is 0 Å². The van der Waals surface area contributed by atoms with Gasteiger partial charge in [-0.15, -0.1) is 0 Å². The van der Waals surface area contributed by atoms with Gasteiger partial charge in [-0.3, -0.25) is 0 Å². The van der Waals surface area contributed by atoms with Crippen LogP contribution in [0.4, 0.5) is 4.39 Å². The number of hydrogen-bond acceptors (Lipinski definition) is 2. The summed E-state index contributed by atoms with van der Waals surface area (Å²) in [5.74, 6) is 0.342. The molecule has 1 N–H and O–H groups in total. The van der Waals surface area contributed by atoms with Gasteiger partial charge in [-0.2, -0.15) is 0 Å². The van der Waals surface area contributed by atoms with Crippen molar-refractivity contribution in [3.05, 3.63) is 29.6 Å². The summed E-state index contributed by atoms with van der Waals surface area (Å²) < 4.78 is 17.8. The van der Waals surface area contributed by atoms with Gasteiger partial charge in [0.1, 0.15) is 18.2 Å². The zero-order chi connectivity index (χ0) is 13.0. The third kappa shape index (κ3) is 7.23. The first-order chi connectivity index (χ1) is 7.74. The predicted molar refractivity (Wildman–Crippen MR) is 66.4 cm³/mol. The Bertz CT molecular complexity index is 262. The number of ether oxygens (including phenoxy) is 1. The largest absolute Gasteiger partial charge is 0.491 e. The van der Waals surface area contributed by atoms with Crippen molar-refractivity contribution in [2.45, 2.75) is 34.6 Å². The van der Waals surface area contributed by atoms with Crippen molar-refractivity contribution < 1.29 is 14.2 Å². The van der Waals surface area contributed by atoms with Crippen LogP contribution in [0.25, 0.3) is 0 Å². The van der Waals surface area contributed by atoms with E-state index in [1.807, 2.05) is 27.7 Å². The van der Waals surface area contributed by atoms with Gasteiger partial charge in [0.25, 0.3) is 0 Å². The number of rotatable bonds is 3. The van der Waals surface area contributed by atoms with Crippen LogP contribution in [-0.4, -0.2) is 18.3 Å². The van der Waals surface area contributed by atoms with Crippen molar-refractivity contribution in [1.82, 2.24) is 0 Å². The lowest BCUT2D eigenvalue weighted by atomic mass is 10.2. The molecule has 2 nitrogen and oxygen atoms in total. The van der Waals surface area contributed by atoms with E-state index in [-0.39, 0.29) is 19.0 Å². The normalized spacial score (nSPS) is 8.19. The second-order valence-corrected chi connectivity index (χ2v) is 2.48. The van der Waals surface area contributed by atoms with E-state index in [4.69, 9.17) is 9.84 Å². The number of benzene rings is 1. The van der Waals surface area contributed by atoms with E-state index in [2.05, 4.69) is 0 Å². The minimum Gasteiger partial charge on any atom is -0.491 e. The molecule has 0 spiro atoms. The summed E-state index contributed by atoms with van der Waals surface area (Å²) >= 11 is 0. The second-order valence-electron chi connectivity index (χ2n) is 2.48. The smallest absolute Gasteiger partial charge is 0.126 e. The van der Waals surface area contributed by atoms with Crippen LogP contribution in [-0.2, 0) is 0 Å². The van der Waals surface area contributed by atoms with Gasteiger partial charge in [0.15, 0.2) is 0 Å². The zero-order valence-corrected chi connectivity index (χ0v) is 10.9. The standard InChI is InChI=1S/C9H11FO2.2C2H6/c1-7-6-8(12-5-4-11)2-3-9(7)10;2*1-2/h2-3,6,11H,4-5H2,1H3;2*1-2H3. The van der Waals surface area contributed by atoms with E-state index in [1.165, 1.54) is 12.1 Å². The van der Waals surface area contributed by atoms with E-state index in [9.17, 15) is 4.39 Å². The quantitative estimate of drug-likeness (QED) is 0.860. The van der Waals surface area contributed by atoms with Crippen LogP contribution in [0.15, 0.2) is 18.2 Å². The van der Waals surface area contributed by atoms with E-state index in [1.54, 1.807) is 13.0 Å². The third-order valence-electron chi connectivity index (χ3n) is 1.49. The highest BCUT2D eigenvalue weighted by atomic mass is 19.1. The predicted octanol–water partition coefficient (Wildman–Crippen LogP) is 3.56. The zero-order valence-electron chi connectivity index (χ0n) is 10.9. The van der Waals surface area contributed by atoms with Gasteiger partial charge in [-0.05, 0) is 30.7 Å². The molecule has 1 rings (SSSR count). The highest BCUT2D eigenvalue weighted by Crippen LogP contribution is 2.15. The molecule has 1 aromatic rings. The molecule has 16 heavy (non-hydrogen) atoms. The second kappa shape index (κ2) is 12.0. The van der Waals surface area contributed by atoms with Crippen LogP contribution < -0.4 is 4.74 Å². The van der Waals surface area contributed by atoms with Crippen LogP contribution >= 0.6 is 0 Å². The Morgan fingerprint density at radius 3 is 2.19 bits per heavy atom. The first-order valence-corrected chi connectivity index (χ1v) is 5.74. The number of halogens is 1. The molecule has 0 saturated heterocycles. The Hall–Kier alpha value is -1.09. The number of aryl methyl sites for hydroxylation is 1. The maximum absolute atomic E-state index is 12.7. The highest BCUT2D eigenvalue weighted by Gasteiger charge is 1.98. The molecule has 0 amide bonds. The molecule has 0 unspecified atom stereocenters. The molecular weight excluding hydrogens is 207 g/mol. The lowest BCUT2D eigenvalue weighted by Crippen LogP contribution is -2.01. The van der Waals surface area contributed by atoms with Crippen LogP contribution in [0.2, 0.25) is 0 Å². The van der Waals surface area contributed by atoms with Gasteiger partial charge < -0.3 is 9.84 Å². The maximum Gasteiger partial charge on any atom is 0.126 e. The Labute approximate surface area is 98.1 Å². The Morgan fingerprint density at radius 1 is 1.19 bits per heavy atom. The van der Waals surface area contributed by atoms with Gasteiger partial charge in [0.2, 0.25) is 0 Å². The molecule has 94 valence electrons. The fraction of sp³-hybridized carbons (Fsp3) is 0.538. The number of aliphatic hydroxyl groups is 1. The highest BCUT2D eigenvalue weighted by molar-refractivity contribution is 5.28. The first kappa shape index (κ1) is 17.3. The fourth-order valence-electron chi connectivity index (χ4n) is 0.870. The lowest BCUT2D eigenvalue weighted by Gasteiger charge is -2.04. The molecule has 3 heteroatoms. The van der Waals surface area contributed by atoms with Crippen LogP contribution in [0.1, 0.15) is 33.3 Å². The number of aliphatic hydroxyl groups excluding tert-OH is 1. The summed E-state index contributed by atoms with van der Waals surface area (Å²) in [6, 6.07) is 4.49. The average Bonchev–Trinajstić information content (AvgIpc) is 2.36. The Morgan fingerprint density at radius 2 is 1.75 bits per heavy atom. The Kier molecular flexibility index (Phi) is 13.0. The molecular formula is C13H23FO2. The van der Waals surface area contributed by atoms with Crippen molar-refractivity contribution in [3.8, 4) is 5.75 Å². The average molecular weight is 230 g/mol. The van der Waals surface area contributed by atoms with Gasteiger partial charge in [0, 0.05) is 0 Å². The first-order valence-electron chi connectivity index (χ1n) is 5.74. The molecule has 0 atom stereocenters. The maximum atomic E-state index is 12.7. The molecule has 0 bridgehead atoms. The van der Waals surface area contributed by atoms with Crippen molar-refractivity contribution in [2.24, 2.45) is 0 Å². The van der Waals surface area contributed by atoms with Crippen molar-refractivity contribution in [1.29, 1.82) is 0 Å². The summed E-state index contributed by atoms with van der Waals surface area (Å²) in [5, 5.41) is 8.45. The molecule has 0 aromatic heterocycles. The molecule has 0 aliphatic heterocycles. The molecule has 0 aliphatic carbocycles. The minimum absolute atomic E-state index is 0.0313. The third-order valence-corrected chi connectivity index (χ3v) is 1.49. The fourth-order valence-corrected chi connectivity index (χ4v) is 0.870. The summed E-state index contributed by atoms with van der Waals surface area (Å²) in [4.78, 5) is 0. The van der Waals surface area contributed by atoms with Crippen molar-refractivity contribution in [2.75, 3.05) is 13.2 Å². The SMILES string of the molecule is CC.CC.Cc1cc(OCCO)ccc1F. The molecule has 0 saturated carbocycles. The van der Waals surface area contributed by atoms with Gasteiger partial charge in [0.05, 0.1) is 6.61 Å². The van der Waals surface area contributed by atoms with Gasteiger partial charge in [-0.25, -0.2) is 4.39 Å². The number of hydrogen-bond donors (Lipinski definition) is 1. The molecule has 0 heterocycles. The Balaban J connectivity index is 0. The molecule has 0 radical (unpaired) electrons. The van der Waals surface area contributed by atoms with Crippen molar-refractivity contribution >= 4 is 0 Å². The summed E-state index contributed by atoms with van der Waals surface area (Å²) in [6.45, 7) is 9.88. The van der Waals surface area contributed by atoms with Crippen LogP contribution in [0.3, 0.4) is 0 Å². The summed E-state index contributed by atoms with van der Waals surface area (Å²) in [5.41, 5.74) is 0.547. The summed E-state index contributed by atoms with van der Waals surface area (Å²) in [6.07, 6.45) is 0. The van der Waals surface area contributed by atoms with E-state index in [0.717, 1.165) is 0 Å². The van der Waals surface area contributed by atoms with Crippen molar-refractivity contribution in [3.63, 3.8) is 0 Å².